The van der Waals surface area contributed by atoms with Crippen LogP contribution in [0.5, 0.6) is 0 Å². The Morgan fingerprint density at radius 1 is 1.00 bits per heavy atom. The van der Waals surface area contributed by atoms with E-state index >= 15 is 0 Å². The van der Waals surface area contributed by atoms with Gasteiger partial charge in [0.25, 0.3) is 0 Å². The van der Waals surface area contributed by atoms with Crippen molar-refractivity contribution in [3.05, 3.63) is 65.7 Å². The van der Waals surface area contributed by atoms with Gasteiger partial charge in [-0.25, -0.2) is 13.1 Å². The number of sulfonamides is 1. The molecule has 6 nitrogen and oxygen atoms in total. The smallest absolute Gasteiger partial charge is 0.240 e. The van der Waals surface area contributed by atoms with Crippen LogP contribution >= 0.6 is 0 Å². The van der Waals surface area contributed by atoms with Crippen molar-refractivity contribution in [2.24, 2.45) is 11.7 Å². The fourth-order valence-electron chi connectivity index (χ4n) is 2.62. The molecular formula is C19H25N3O3S. The second kappa shape index (κ2) is 8.44. The molecule has 2 aromatic rings. The highest BCUT2D eigenvalue weighted by molar-refractivity contribution is 7.89. The summed E-state index contributed by atoms with van der Waals surface area (Å²) in [6.45, 7) is 3.59. The zero-order valence-electron chi connectivity index (χ0n) is 15.1. The van der Waals surface area contributed by atoms with Crippen molar-refractivity contribution in [1.82, 2.24) is 10.0 Å². The van der Waals surface area contributed by atoms with Crippen molar-refractivity contribution in [2.45, 2.75) is 30.8 Å². The van der Waals surface area contributed by atoms with Crippen LogP contribution in [0.3, 0.4) is 0 Å². The highest BCUT2D eigenvalue weighted by atomic mass is 32.2. The lowest BCUT2D eigenvalue weighted by atomic mass is 9.94. The number of nitrogens with two attached hydrogens (primary N) is 1. The number of nitrogens with one attached hydrogen (secondary N) is 2. The van der Waals surface area contributed by atoms with Gasteiger partial charge in [-0.05, 0) is 37.2 Å². The summed E-state index contributed by atoms with van der Waals surface area (Å²) in [5, 5.41) is 2.91. The van der Waals surface area contributed by atoms with Crippen molar-refractivity contribution in [2.75, 3.05) is 7.05 Å². The van der Waals surface area contributed by atoms with Crippen LogP contribution in [0.2, 0.25) is 0 Å². The third kappa shape index (κ3) is 4.69. The van der Waals surface area contributed by atoms with Crippen LogP contribution in [0, 0.1) is 5.92 Å². The van der Waals surface area contributed by atoms with Crippen LogP contribution in [0.15, 0.2) is 59.5 Å². The molecule has 0 fully saturated rings. The summed E-state index contributed by atoms with van der Waals surface area (Å²) >= 11 is 0. The second-order valence-electron chi connectivity index (χ2n) is 6.24. The molecule has 0 aliphatic rings. The van der Waals surface area contributed by atoms with Crippen molar-refractivity contribution >= 4 is 15.9 Å². The fourth-order valence-corrected chi connectivity index (χ4v) is 3.41. The van der Waals surface area contributed by atoms with E-state index in [4.69, 9.17) is 5.73 Å². The summed E-state index contributed by atoms with van der Waals surface area (Å²) in [6.07, 6.45) is 0. The molecule has 3 atom stereocenters. The summed E-state index contributed by atoms with van der Waals surface area (Å²) in [7, 11) is -2.17. The number of hydrogen-bond acceptors (Lipinski definition) is 4. The summed E-state index contributed by atoms with van der Waals surface area (Å²) in [5.41, 5.74) is 7.80. The van der Waals surface area contributed by atoms with E-state index in [1.807, 2.05) is 37.3 Å². The first-order valence-corrected chi connectivity index (χ1v) is 9.89. The van der Waals surface area contributed by atoms with Gasteiger partial charge < -0.3 is 11.1 Å². The molecule has 0 radical (unpaired) electrons. The molecular weight excluding hydrogens is 350 g/mol. The van der Waals surface area contributed by atoms with Gasteiger partial charge in [-0.2, -0.15) is 0 Å². The predicted molar refractivity (Wildman–Crippen MR) is 102 cm³/mol. The Labute approximate surface area is 154 Å². The van der Waals surface area contributed by atoms with Gasteiger partial charge in [-0.1, -0.05) is 49.4 Å². The molecule has 0 saturated heterocycles. The Balaban J connectivity index is 2.10. The molecule has 0 bridgehead atoms. The molecule has 4 N–H and O–H groups in total. The van der Waals surface area contributed by atoms with E-state index in [0.29, 0.717) is 5.56 Å². The highest BCUT2D eigenvalue weighted by Crippen LogP contribution is 2.22. The van der Waals surface area contributed by atoms with E-state index in [1.54, 1.807) is 25.1 Å². The maximum absolute atomic E-state index is 12.6. The number of carbonyl (C=O) groups excluding carboxylic acids is 1. The lowest BCUT2D eigenvalue weighted by Crippen LogP contribution is -2.37. The molecule has 2 aromatic carbocycles. The Bertz CT molecular complexity index is 853. The van der Waals surface area contributed by atoms with E-state index in [9.17, 15) is 13.2 Å². The molecule has 0 spiro atoms. The van der Waals surface area contributed by atoms with Crippen molar-refractivity contribution in [3.8, 4) is 0 Å². The Morgan fingerprint density at radius 2 is 1.62 bits per heavy atom. The third-order valence-corrected chi connectivity index (χ3v) is 5.84. The van der Waals surface area contributed by atoms with Gasteiger partial charge in [0.15, 0.2) is 0 Å². The SMILES string of the molecule is CNS(=O)(=O)c1cccc(C(C)NC(=O)C(C)C(N)c2ccccc2)c1. The fraction of sp³-hybridized carbons (Fsp3) is 0.316. The van der Waals surface area contributed by atoms with Crippen LogP contribution < -0.4 is 15.8 Å². The largest absolute Gasteiger partial charge is 0.349 e. The van der Waals surface area contributed by atoms with Crippen molar-refractivity contribution in [1.29, 1.82) is 0 Å². The zero-order valence-corrected chi connectivity index (χ0v) is 16.0. The number of benzene rings is 2. The Hall–Kier alpha value is -2.22. The van der Waals surface area contributed by atoms with Crippen LogP contribution in [0.4, 0.5) is 0 Å². The normalized spacial score (nSPS) is 15.1. The monoisotopic (exact) mass is 375 g/mol. The maximum atomic E-state index is 12.6. The predicted octanol–water partition coefficient (Wildman–Crippen LogP) is 2.11. The maximum Gasteiger partial charge on any atom is 0.240 e. The van der Waals surface area contributed by atoms with Gasteiger partial charge >= 0.3 is 0 Å². The van der Waals surface area contributed by atoms with Crippen LogP contribution in [-0.2, 0) is 14.8 Å². The highest BCUT2D eigenvalue weighted by Gasteiger charge is 2.24. The molecule has 0 aliphatic heterocycles. The van der Waals surface area contributed by atoms with Gasteiger partial charge in [0, 0.05) is 6.04 Å². The minimum Gasteiger partial charge on any atom is -0.349 e. The molecule has 140 valence electrons. The first-order valence-electron chi connectivity index (χ1n) is 8.40. The molecule has 2 rings (SSSR count). The van der Waals surface area contributed by atoms with Gasteiger partial charge in [0.05, 0.1) is 16.9 Å². The van der Waals surface area contributed by atoms with Gasteiger partial charge in [0.1, 0.15) is 0 Å². The van der Waals surface area contributed by atoms with Gasteiger partial charge in [0.2, 0.25) is 15.9 Å². The Kier molecular flexibility index (Phi) is 6.52. The van der Waals surface area contributed by atoms with E-state index < -0.39 is 22.0 Å². The molecule has 0 aliphatic carbocycles. The molecule has 0 aromatic heterocycles. The molecule has 0 heterocycles. The number of hydrogen-bond donors (Lipinski definition) is 3. The molecule has 3 unspecified atom stereocenters. The quantitative estimate of drug-likeness (QED) is 0.690. The van der Waals surface area contributed by atoms with E-state index in [1.165, 1.54) is 13.1 Å². The first kappa shape index (κ1) is 20.1. The average Bonchev–Trinajstić information content (AvgIpc) is 2.67. The van der Waals surface area contributed by atoms with Crippen LogP contribution in [0.25, 0.3) is 0 Å². The summed E-state index contributed by atoms with van der Waals surface area (Å²) in [5.74, 6) is -0.611. The number of carbonyl (C=O) groups is 1. The van der Waals surface area contributed by atoms with Crippen molar-refractivity contribution in [3.63, 3.8) is 0 Å². The molecule has 26 heavy (non-hydrogen) atoms. The summed E-state index contributed by atoms with van der Waals surface area (Å²) < 4.78 is 26.2. The number of amides is 1. The lowest BCUT2D eigenvalue weighted by Gasteiger charge is -2.23. The Morgan fingerprint density at radius 3 is 2.23 bits per heavy atom. The summed E-state index contributed by atoms with van der Waals surface area (Å²) in [4.78, 5) is 12.7. The average molecular weight is 375 g/mol. The van der Waals surface area contributed by atoms with Crippen LogP contribution in [-0.4, -0.2) is 21.4 Å². The molecule has 0 saturated carbocycles. The zero-order chi connectivity index (χ0) is 19.3. The van der Waals surface area contributed by atoms with E-state index in [0.717, 1.165) is 5.56 Å². The minimum absolute atomic E-state index is 0.160. The van der Waals surface area contributed by atoms with Gasteiger partial charge in [-0.3, -0.25) is 4.79 Å². The standard InChI is InChI=1S/C19H25N3O3S/c1-13(18(20)15-8-5-4-6-9-15)19(23)22-14(2)16-10-7-11-17(12-16)26(24,25)21-3/h4-14,18,21H,20H2,1-3H3,(H,22,23). The second-order valence-corrected chi connectivity index (χ2v) is 8.12. The van der Waals surface area contributed by atoms with E-state index in [-0.39, 0.29) is 16.8 Å². The van der Waals surface area contributed by atoms with E-state index in [2.05, 4.69) is 10.0 Å². The molecule has 7 heteroatoms. The minimum atomic E-state index is -3.53. The first-order chi connectivity index (χ1) is 12.3. The molecule has 1 amide bonds. The third-order valence-electron chi connectivity index (χ3n) is 4.43. The van der Waals surface area contributed by atoms with Gasteiger partial charge in [-0.15, -0.1) is 0 Å². The lowest BCUT2D eigenvalue weighted by molar-refractivity contribution is -0.125. The van der Waals surface area contributed by atoms with Crippen LogP contribution in [0.1, 0.15) is 37.1 Å². The summed E-state index contributed by atoms with van der Waals surface area (Å²) in [6, 6.07) is 15.2. The number of rotatable bonds is 7. The van der Waals surface area contributed by atoms with Crippen molar-refractivity contribution < 1.29 is 13.2 Å². The topological polar surface area (TPSA) is 101 Å².